The fraction of sp³-hybridized carbons (Fsp3) is 0.750. The molecule has 0 saturated carbocycles. The summed E-state index contributed by atoms with van der Waals surface area (Å²) in [5.74, 6) is -5.99. The van der Waals surface area contributed by atoms with Gasteiger partial charge >= 0.3 is 11.9 Å². The van der Waals surface area contributed by atoms with Gasteiger partial charge in [0.25, 0.3) is 0 Å². The van der Waals surface area contributed by atoms with Crippen molar-refractivity contribution in [3.05, 3.63) is 0 Å². The Labute approximate surface area is 273 Å². The molecule has 0 bridgehead atoms. The summed E-state index contributed by atoms with van der Waals surface area (Å²) in [5.41, 5.74) is 11.4. The first-order valence-electron chi connectivity index (χ1n) is 15.1. The highest BCUT2D eigenvalue weighted by Gasteiger charge is 2.31. The Morgan fingerprint density at radius 3 is 1.74 bits per heavy atom. The monoisotopic (exact) mass is 677 g/mol. The minimum absolute atomic E-state index is 0.0855. The summed E-state index contributed by atoms with van der Waals surface area (Å²) >= 11 is 1.39. The van der Waals surface area contributed by atoms with Crippen LogP contribution in [0.15, 0.2) is 0 Å². The van der Waals surface area contributed by atoms with Crippen LogP contribution in [0, 0.1) is 5.92 Å². The number of aliphatic hydroxyl groups is 1. The van der Waals surface area contributed by atoms with Crippen LogP contribution in [-0.2, 0) is 33.6 Å². The van der Waals surface area contributed by atoms with Crippen molar-refractivity contribution >= 4 is 53.2 Å². The Morgan fingerprint density at radius 1 is 0.696 bits per heavy atom. The van der Waals surface area contributed by atoms with Crippen molar-refractivity contribution in [2.24, 2.45) is 17.4 Å². The van der Waals surface area contributed by atoms with E-state index in [1.807, 2.05) is 13.8 Å². The molecular weight excluding hydrogens is 626 g/mol. The third-order valence-electron chi connectivity index (χ3n) is 6.71. The number of nitrogens with two attached hydrogens (primary N) is 2. The van der Waals surface area contributed by atoms with Crippen LogP contribution in [0.4, 0.5) is 0 Å². The Balaban J connectivity index is 5.58. The molecule has 0 aromatic heterocycles. The maximum atomic E-state index is 13.1. The van der Waals surface area contributed by atoms with Crippen molar-refractivity contribution < 1.29 is 48.9 Å². The van der Waals surface area contributed by atoms with Gasteiger partial charge in [-0.05, 0) is 69.9 Å². The number of hydrogen-bond donors (Lipinski definition) is 10. The van der Waals surface area contributed by atoms with Gasteiger partial charge in [-0.25, -0.2) is 4.79 Å². The highest BCUT2D eigenvalue weighted by atomic mass is 32.2. The van der Waals surface area contributed by atoms with Gasteiger partial charge in [-0.2, -0.15) is 11.8 Å². The number of aliphatic carboxylic acids is 2. The zero-order valence-corrected chi connectivity index (χ0v) is 27.7. The molecule has 0 spiro atoms. The number of carbonyl (C=O) groups is 7. The second-order valence-corrected chi connectivity index (χ2v) is 12.2. The molecule has 0 aliphatic carbocycles. The summed E-state index contributed by atoms with van der Waals surface area (Å²) in [4.78, 5) is 86.8. The van der Waals surface area contributed by atoms with E-state index < -0.39 is 90.8 Å². The molecule has 0 unspecified atom stereocenters. The molecule has 0 fully saturated rings. The van der Waals surface area contributed by atoms with E-state index in [0.29, 0.717) is 31.6 Å². The molecular formula is C28H51N7O10S. The lowest BCUT2D eigenvalue weighted by Gasteiger charge is -2.25. The average Bonchev–Trinajstić information content (AvgIpc) is 2.98. The highest BCUT2D eigenvalue weighted by Crippen LogP contribution is 2.07. The quantitative estimate of drug-likeness (QED) is 0.0479. The van der Waals surface area contributed by atoms with Crippen molar-refractivity contribution in [1.29, 1.82) is 0 Å². The smallest absolute Gasteiger partial charge is 0.326 e. The minimum atomic E-state index is -1.51. The van der Waals surface area contributed by atoms with Gasteiger partial charge in [0.2, 0.25) is 29.5 Å². The second kappa shape index (κ2) is 22.9. The van der Waals surface area contributed by atoms with E-state index in [2.05, 4.69) is 26.6 Å². The van der Waals surface area contributed by atoms with Gasteiger partial charge < -0.3 is 53.4 Å². The van der Waals surface area contributed by atoms with Gasteiger partial charge in [-0.1, -0.05) is 13.8 Å². The summed E-state index contributed by atoms with van der Waals surface area (Å²) < 4.78 is 0. The fourth-order valence-electron chi connectivity index (χ4n) is 4.10. The van der Waals surface area contributed by atoms with Crippen molar-refractivity contribution in [2.75, 3.05) is 25.2 Å². The number of carbonyl (C=O) groups excluding carboxylic acids is 5. The standard InChI is InChI=1S/C28H51N7O10S/c1-15(2)13-17(30)24(40)35-21(14-36)27(43)33-19(10-12-46-4)25(41)31-16(3)23(39)32-18(7-5-6-11-29)26(42)34-20(28(44)45)8-9-22(37)38/h15-21,36H,5-14,29-30H2,1-4H3,(H,31,41)(H,32,39)(H,33,43)(H,34,42)(H,35,40)(H,37,38)(H,44,45)/t16-,17-,18-,19-,20-,21-/m0/s1. The first-order chi connectivity index (χ1) is 21.6. The maximum absolute atomic E-state index is 13.1. The maximum Gasteiger partial charge on any atom is 0.326 e. The Hall–Kier alpha value is -3.48. The Kier molecular flexibility index (Phi) is 21.2. The van der Waals surface area contributed by atoms with E-state index in [4.69, 9.17) is 16.6 Å². The summed E-state index contributed by atoms with van der Waals surface area (Å²) in [6, 6.07) is -7.37. The zero-order chi connectivity index (χ0) is 35.4. The van der Waals surface area contributed by atoms with Crippen molar-refractivity contribution in [3.8, 4) is 0 Å². The van der Waals surface area contributed by atoms with E-state index in [1.54, 1.807) is 6.26 Å². The van der Waals surface area contributed by atoms with Crippen LogP contribution in [0.5, 0.6) is 0 Å². The van der Waals surface area contributed by atoms with Gasteiger partial charge in [-0.3, -0.25) is 28.8 Å². The third kappa shape index (κ3) is 17.3. The topological polar surface area (TPSA) is 292 Å². The molecule has 18 heteroatoms. The summed E-state index contributed by atoms with van der Waals surface area (Å²) in [7, 11) is 0. The molecule has 264 valence electrons. The van der Waals surface area contributed by atoms with E-state index in [-0.39, 0.29) is 25.2 Å². The normalized spacial score (nSPS) is 15.0. The highest BCUT2D eigenvalue weighted by molar-refractivity contribution is 7.98. The van der Waals surface area contributed by atoms with Crippen LogP contribution in [0.2, 0.25) is 0 Å². The van der Waals surface area contributed by atoms with E-state index in [1.165, 1.54) is 18.7 Å². The van der Waals surface area contributed by atoms with Gasteiger partial charge in [0.05, 0.1) is 12.6 Å². The summed E-state index contributed by atoms with van der Waals surface area (Å²) in [5, 5.41) is 40.1. The number of unbranched alkanes of at least 4 members (excludes halogenated alkanes) is 1. The molecule has 0 radical (unpaired) electrons. The van der Waals surface area contributed by atoms with Gasteiger partial charge in [0.15, 0.2) is 0 Å². The first kappa shape index (κ1) is 42.5. The molecule has 0 heterocycles. The van der Waals surface area contributed by atoms with Gasteiger partial charge in [-0.15, -0.1) is 0 Å². The molecule has 0 aromatic rings. The van der Waals surface area contributed by atoms with Crippen LogP contribution >= 0.6 is 11.8 Å². The Bertz CT molecular complexity index is 1030. The SMILES string of the molecule is CSCC[C@H](NC(=O)[C@H](CO)NC(=O)[C@@H](N)CC(C)C)C(=O)N[C@@H](C)C(=O)N[C@@H](CCCCN)C(=O)N[C@@H](CCC(=O)O)C(=O)O. The van der Waals surface area contributed by atoms with Crippen LogP contribution in [-0.4, -0.2) is 118 Å². The third-order valence-corrected chi connectivity index (χ3v) is 7.36. The number of carboxylic acid groups (broad SMARTS) is 2. The zero-order valence-electron chi connectivity index (χ0n) is 26.9. The lowest BCUT2D eigenvalue weighted by molar-refractivity contribution is -0.143. The van der Waals surface area contributed by atoms with Crippen molar-refractivity contribution in [3.63, 3.8) is 0 Å². The average molecular weight is 678 g/mol. The van der Waals surface area contributed by atoms with E-state index in [9.17, 15) is 43.8 Å². The number of nitrogens with one attached hydrogen (secondary N) is 5. The molecule has 0 saturated heterocycles. The van der Waals surface area contributed by atoms with Crippen LogP contribution in [0.25, 0.3) is 0 Å². The van der Waals surface area contributed by atoms with E-state index >= 15 is 0 Å². The number of rotatable bonds is 24. The van der Waals surface area contributed by atoms with Crippen LogP contribution in [0.1, 0.15) is 65.7 Å². The number of amides is 5. The second-order valence-electron chi connectivity index (χ2n) is 11.2. The first-order valence-corrected chi connectivity index (χ1v) is 16.5. The van der Waals surface area contributed by atoms with Crippen LogP contribution in [0.3, 0.4) is 0 Å². The lowest BCUT2D eigenvalue weighted by Crippen LogP contribution is -2.59. The Morgan fingerprint density at radius 2 is 1.22 bits per heavy atom. The molecule has 0 aliphatic rings. The number of aliphatic hydroxyl groups excluding tert-OH is 1. The molecule has 46 heavy (non-hydrogen) atoms. The number of thioether (sulfide) groups is 1. The van der Waals surface area contributed by atoms with Crippen molar-refractivity contribution in [2.45, 2.75) is 102 Å². The minimum Gasteiger partial charge on any atom is -0.481 e. The molecule has 0 aliphatic heterocycles. The largest absolute Gasteiger partial charge is 0.481 e. The summed E-state index contributed by atoms with van der Waals surface area (Å²) in [6.07, 6.45) is 2.39. The molecule has 0 aromatic carbocycles. The number of carboxylic acids is 2. The van der Waals surface area contributed by atoms with Gasteiger partial charge in [0, 0.05) is 6.42 Å². The van der Waals surface area contributed by atoms with Gasteiger partial charge in [0.1, 0.15) is 30.2 Å². The number of hydrogen-bond acceptors (Lipinski definition) is 11. The molecule has 6 atom stereocenters. The molecule has 5 amide bonds. The van der Waals surface area contributed by atoms with E-state index in [0.717, 1.165) is 0 Å². The predicted molar refractivity (Wildman–Crippen MR) is 170 cm³/mol. The van der Waals surface area contributed by atoms with Crippen LogP contribution < -0.4 is 38.1 Å². The van der Waals surface area contributed by atoms with Crippen molar-refractivity contribution in [1.82, 2.24) is 26.6 Å². The lowest BCUT2D eigenvalue weighted by atomic mass is 10.0. The summed E-state index contributed by atoms with van der Waals surface area (Å²) in [6.45, 7) is 4.63. The molecule has 12 N–H and O–H groups in total. The fourth-order valence-corrected chi connectivity index (χ4v) is 4.57. The molecule has 0 rings (SSSR count). The molecule has 17 nitrogen and oxygen atoms in total. The predicted octanol–water partition coefficient (Wildman–Crippen LogP) is -2.37.